The number of aliphatic hydroxyl groups excluding tert-OH is 1. The Hall–Kier alpha value is -0.790. The fraction of sp³-hybridized carbons (Fsp3) is 0.875. The van der Waals surface area contributed by atoms with Crippen molar-refractivity contribution in [3.8, 4) is 0 Å². The molecule has 1 aliphatic carbocycles. The molecule has 1 saturated carbocycles. The quantitative estimate of drug-likeness (QED) is 0.420. The van der Waals surface area contributed by atoms with Crippen LogP contribution in [0.1, 0.15) is 66.7 Å². The monoisotopic (exact) mass is 420 g/mol. The lowest BCUT2D eigenvalue weighted by Gasteiger charge is -2.39. The Bertz CT molecular complexity index is 637. The lowest BCUT2D eigenvalue weighted by atomic mass is 9.91. The van der Waals surface area contributed by atoms with Gasteiger partial charge in [0.15, 0.2) is 0 Å². The summed E-state index contributed by atoms with van der Waals surface area (Å²) in [7, 11) is 1.85. The minimum atomic E-state index is -0.772. The summed E-state index contributed by atoms with van der Waals surface area (Å²) in [6.07, 6.45) is 7.32. The lowest BCUT2D eigenvalue weighted by molar-refractivity contribution is -0.250. The number of likely N-dealkylation sites (tertiary alicyclic amines) is 1. The number of nitrogens with zero attached hydrogens (tertiary/aromatic N) is 3. The van der Waals surface area contributed by atoms with Crippen molar-refractivity contribution in [3.05, 3.63) is 11.1 Å². The second kappa shape index (κ2) is 9.78. The molecule has 30 heavy (non-hydrogen) atoms. The number of aliphatic imine (C=N–C) groups is 1. The second-order valence-corrected chi connectivity index (χ2v) is 10.4. The van der Waals surface area contributed by atoms with Crippen LogP contribution in [-0.4, -0.2) is 79.1 Å². The molecule has 2 N–H and O–H groups in total. The van der Waals surface area contributed by atoms with Crippen LogP contribution < -0.4 is 5.32 Å². The first kappa shape index (κ1) is 23.9. The zero-order chi connectivity index (χ0) is 21.9. The zero-order valence-electron chi connectivity index (χ0n) is 20.1. The summed E-state index contributed by atoms with van der Waals surface area (Å²) in [5.74, 6) is 0.769. The first-order chi connectivity index (χ1) is 14.2. The van der Waals surface area contributed by atoms with Crippen LogP contribution in [0.3, 0.4) is 0 Å². The molecule has 6 nitrogen and oxygen atoms in total. The first-order valence-electron chi connectivity index (χ1n) is 11.9. The zero-order valence-corrected chi connectivity index (χ0v) is 20.1. The van der Waals surface area contributed by atoms with Crippen molar-refractivity contribution < 1.29 is 9.84 Å². The molecule has 0 aromatic carbocycles. The van der Waals surface area contributed by atoms with Crippen molar-refractivity contribution in [2.75, 3.05) is 39.8 Å². The summed E-state index contributed by atoms with van der Waals surface area (Å²) in [5.41, 5.74) is 3.02. The highest BCUT2D eigenvalue weighted by molar-refractivity contribution is 5.81. The van der Waals surface area contributed by atoms with Crippen LogP contribution in [0.5, 0.6) is 0 Å². The van der Waals surface area contributed by atoms with Crippen LogP contribution in [0.4, 0.5) is 0 Å². The molecule has 3 aliphatic rings. The van der Waals surface area contributed by atoms with Gasteiger partial charge < -0.3 is 15.2 Å². The van der Waals surface area contributed by atoms with Crippen molar-refractivity contribution in [2.45, 2.75) is 84.9 Å². The average molecular weight is 421 g/mol. The van der Waals surface area contributed by atoms with Gasteiger partial charge in [-0.3, -0.25) is 14.8 Å². The van der Waals surface area contributed by atoms with E-state index in [9.17, 15) is 5.11 Å². The highest BCUT2D eigenvalue weighted by Gasteiger charge is 2.54. The molecule has 1 spiro atoms. The second-order valence-electron chi connectivity index (χ2n) is 10.4. The Morgan fingerprint density at radius 3 is 2.63 bits per heavy atom. The Labute approximate surface area is 183 Å². The smallest absolute Gasteiger partial charge is 0.216 e. The molecule has 2 heterocycles. The van der Waals surface area contributed by atoms with E-state index in [1.165, 1.54) is 30.4 Å². The van der Waals surface area contributed by atoms with Crippen LogP contribution in [0.15, 0.2) is 16.1 Å². The lowest BCUT2D eigenvalue weighted by Crippen LogP contribution is -2.47. The van der Waals surface area contributed by atoms with Crippen molar-refractivity contribution >= 4 is 6.21 Å². The largest absolute Gasteiger partial charge is 0.356 e. The van der Waals surface area contributed by atoms with E-state index in [0.717, 1.165) is 51.5 Å². The highest BCUT2D eigenvalue weighted by atomic mass is 16.6. The third-order valence-electron chi connectivity index (χ3n) is 7.60. The number of rotatable bonds is 10. The summed E-state index contributed by atoms with van der Waals surface area (Å²) in [6.45, 7) is 15.8. The Kier molecular flexibility index (Phi) is 7.78. The molecule has 0 radical (unpaired) electrons. The van der Waals surface area contributed by atoms with Gasteiger partial charge in [-0.05, 0) is 76.8 Å². The van der Waals surface area contributed by atoms with Gasteiger partial charge in [0.2, 0.25) is 6.41 Å². The molecule has 3 atom stereocenters. The molecular formula is C24H44N4O2. The van der Waals surface area contributed by atoms with Gasteiger partial charge in [-0.15, -0.1) is 0 Å². The molecule has 3 unspecified atom stereocenters. The molecule has 3 rings (SSSR count). The molecule has 6 heteroatoms. The number of hydrogen-bond donors (Lipinski definition) is 2. The maximum absolute atomic E-state index is 10.5. The number of hydrogen-bond acceptors (Lipinski definition) is 6. The number of aliphatic hydroxyl groups is 1. The number of ether oxygens (including phenoxy) is 1. The molecule has 0 aromatic heterocycles. The summed E-state index contributed by atoms with van der Waals surface area (Å²) >= 11 is 0. The van der Waals surface area contributed by atoms with Crippen LogP contribution in [0.2, 0.25) is 0 Å². The van der Waals surface area contributed by atoms with Crippen molar-refractivity contribution in [1.29, 1.82) is 0 Å². The van der Waals surface area contributed by atoms with Gasteiger partial charge in [-0.2, -0.15) is 0 Å². The standard InChI is InChI=1S/C24H44N4O2/c1-7-8-23(4,5)30-22(29)27-11-9-24(10-12-27)13-21(24)15-26-19(3)28-16-18(2)20(17-28)14-25-6/h14,19,21-22,26,29H,7-13,15-17H2,1-6H3. The van der Waals surface area contributed by atoms with E-state index < -0.39 is 6.41 Å². The predicted octanol–water partition coefficient (Wildman–Crippen LogP) is 3.23. The van der Waals surface area contributed by atoms with Gasteiger partial charge in [0.05, 0.1) is 11.8 Å². The predicted molar refractivity (Wildman–Crippen MR) is 124 cm³/mol. The highest BCUT2D eigenvalue weighted by Crippen LogP contribution is 2.59. The molecule has 0 bridgehead atoms. The summed E-state index contributed by atoms with van der Waals surface area (Å²) < 4.78 is 5.95. The van der Waals surface area contributed by atoms with Crippen LogP contribution in [-0.2, 0) is 4.74 Å². The van der Waals surface area contributed by atoms with Crippen LogP contribution in [0, 0.1) is 11.3 Å². The van der Waals surface area contributed by atoms with E-state index >= 15 is 0 Å². The Morgan fingerprint density at radius 2 is 2.00 bits per heavy atom. The van der Waals surface area contributed by atoms with E-state index in [1.54, 1.807) is 0 Å². The molecular weight excluding hydrogens is 376 g/mol. The third-order valence-corrected chi connectivity index (χ3v) is 7.60. The van der Waals surface area contributed by atoms with E-state index in [1.807, 2.05) is 13.3 Å². The molecule has 2 fully saturated rings. The third kappa shape index (κ3) is 5.71. The summed E-state index contributed by atoms with van der Waals surface area (Å²) in [4.78, 5) is 8.80. The minimum Gasteiger partial charge on any atom is -0.356 e. The van der Waals surface area contributed by atoms with Crippen LogP contribution >= 0.6 is 0 Å². The number of nitrogens with one attached hydrogen (secondary N) is 1. The van der Waals surface area contributed by atoms with Gasteiger partial charge in [0.25, 0.3) is 0 Å². The fourth-order valence-electron chi connectivity index (χ4n) is 5.38. The van der Waals surface area contributed by atoms with Crippen molar-refractivity contribution in [2.24, 2.45) is 16.3 Å². The van der Waals surface area contributed by atoms with Gasteiger partial charge in [-0.1, -0.05) is 18.9 Å². The van der Waals surface area contributed by atoms with Gasteiger partial charge in [0, 0.05) is 39.4 Å². The number of piperidine rings is 1. The summed E-state index contributed by atoms with van der Waals surface area (Å²) in [6, 6.07) is 0. The van der Waals surface area contributed by atoms with Gasteiger partial charge in [-0.25, -0.2) is 0 Å². The topological polar surface area (TPSA) is 60.3 Å². The molecule has 172 valence electrons. The SMILES string of the molecule is CCCC(C)(C)OC(O)N1CCC2(CC1)CC2CNC(C)N1CC(C)=C(C=NC)C1. The molecule has 1 saturated heterocycles. The van der Waals surface area contributed by atoms with E-state index in [2.05, 4.69) is 54.7 Å². The van der Waals surface area contributed by atoms with Crippen molar-refractivity contribution in [1.82, 2.24) is 15.1 Å². The van der Waals surface area contributed by atoms with E-state index in [-0.39, 0.29) is 5.60 Å². The molecule has 0 amide bonds. The van der Waals surface area contributed by atoms with E-state index in [4.69, 9.17) is 4.74 Å². The normalized spacial score (nSPS) is 27.4. The summed E-state index contributed by atoms with van der Waals surface area (Å²) in [5, 5.41) is 14.3. The van der Waals surface area contributed by atoms with E-state index in [0.29, 0.717) is 11.6 Å². The minimum absolute atomic E-state index is 0.267. The Morgan fingerprint density at radius 1 is 1.30 bits per heavy atom. The maximum atomic E-state index is 10.5. The van der Waals surface area contributed by atoms with Crippen LogP contribution in [0.25, 0.3) is 0 Å². The molecule has 2 aliphatic heterocycles. The fourth-order valence-corrected chi connectivity index (χ4v) is 5.38. The van der Waals surface area contributed by atoms with Gasteiger partial charge in [0.1, 0.15) is 0 Å². The van der Waals surface area contributed by atoms with Crippen molar-refractivity contribution in [3.63, 3.8) is 0 Å². The molecule has 0 aromatic rings. The Balaban J connectivity index is 1.38. The van der Waals surface area contributed by atoms with Gasteiger partial charge >= 0.3 is 0 Å². The first-order valence-corrected chi connectivity index (χ1v) is 11.9. The maximum Gasteiger partial charge on any atom is 0.216 e. The average Bonchev–Trinajstić information content (AvgIpc) is 3.21.